The second kappa shape index (κ2) is 7.30. The number of halogens is 1. The minimum absolute atomic E-state index is 0.205. The maximum Gasteiger partial charge on any atom is 0.287 e. The van der Waals surface area contributed by atoms with Crippen LogP contribution in [0.4, 0.5) is 5.69 Å². The third kappa shape index (κ3) is 3.59. The van der Waals surface area contributed by atoms with Crippen LogP contribution in [0.1, 0.15) is 49.8 Å². The first kappa shape index (κ1) is 16.9. The molecule has 1 aliphatic rings. The standard InChI is InChI=1S/C17H22ClN5O/c1-3-11-8-14(22-19-9-11)12-4-6-13(7-5-12)21-15-10-20-23(2)17(24)16(15)18/h8-10,12-13,21H,3-7H2,1-2H3. The van der Waals surface area contributed by atoms with Gasteiger partial charge in [-0.1, -0.05) is 18.5 Å². The maximum absolute atomic E-state index is 11.8. The van der Waals surface area contributed by atoms with Crippen molar-refractivity contribution in [3.05, 3.63) is 45.1 Å². The van der Waals surface area contributed by atoms with Gasteiger partial charge in [0.25, 0.3) is 5.56 Å². The molecule has 0 radical (unpaired) electrons. The largest absolute Gasteiger partial charge is 0.380 e. The molecule has 1 fully saturated rings. The van der Waals surface area contributed by atoms with E-state index in [-0.39, 0.29) is 10.6 Å². The Morgan fingerprint density at radius 3 is 2.75 bits per heavy atom. The highest BCUT2D eigenvalue weighted by molar-refractivity contribution is 6.32. The van der Waals surface area contributed by atoms with Crippen LogP contribution in [0, 0.1) is 0 Å². The van der Waals surface area contributed by atoms with Crippen LogP contribution in [0.5, 0.6) is 0 Å². The Bertz CT molecular complexity index is 768. The molecule has 1 saturated carbocycles. The van der Waals surface area contributed by atoms with E-state index in [9.17, 15) is 4.79 Å². The van der Waals surface area contributed by atoms with Gasteiger partial charge in [-0.2, -0.15) is 15.3 Å². The Morgan fingerprint density at radius 2 is 2.04 bits per heavy atom. The number of rotatable bonds is 4. The van der Waals surface area contributed by atoms with E-state index in [4.69, 9.17) is 11.6 Å². The summed E-state index contributed by atoms with van der Waals surface area (Å²) < 4.78 is 1.24. The van der Waals surface area contributed by atoms with Crippen LogP contribution in [0.2, 0.25) is 5.02 Å². The first-order valence-electron chi connectivity index (χ1n) is 8.38. The predicted molar refractivity (Wildman–Crippen MR) is 94.5 cm³/mol. The van der Waals surface area contributed by atoms with Crippen LogP contribution in [0.25, 0.3) is 0 Å². The van der Waals surface area contributed by atoms with Crippen LogP contribution >= 0.6 is 11.6 Å². The highest BCUT2D eigenvalue weighted by Crippen LogP contribution is 2.33. The molecule has 0 bridgehead atoms. The van der Waals surface area contributed by atoms with Crippen molar-refractivity contribution in [2.24, 2.45) is 7.05 Å². The van der Waals surface area contributed by atoms with Gasteiger partial charge in [0.2, 0.25) is 0 Å². The molecule has 128 valence electrons. The van der Waals surface area contributed by atoms with E-state index in [1.807, 2.05) is 6.20 Å². The van der Waals surface area contributed by atoms with Crippen LogP contribution in [0.3, 0.4) is 0 Å². The van der Waals surface area contributed by atoms with E-state index in [1.54, 1.807) is 13.2 Å². The summed E-state index contributed by atoms with van der Waals surface area (Å²) in [5.74, 6) is 0.458. The summed E-state index contributed by atoms with van der Waals surface area (Å²) in [4.78, 5) is 11.8. The molecular formula is C17H22ClN5O. The highest BCUT2D eigenvalue weighted by atomic mass is 35.5. The molecule has 0 aromatic carbocycles. The van der Waals surface area contributed by atoms with Crippen molar-refractivity contribution >= 4 is 17.3 Å². The van der Waals surface area contributed by atoms with E-state index < -0.39 is 0 Å². The topological polar surface area (TPSA) is 72.7 Å². The van der Waals surface area contributed by atoms with Crippen molar-refractivity contribution in [3.63, 3.8) is 0 Å². The summed E-state index contributed by atoms with van der Waals surface area (Å²) in [6.45, 7) is 2.13. The molecule has 0 saturated heterocycles. The van der Waals surface area contributed by atoms with Gasteiger partial charge in [-0.15, -0.1) is 0 Å². The Labute approximate surface area is 146 Å². The molecule has 3 rings (SSSR count). The fraction of sp³-hybridized carbons (Fsp3) is 0.529. The molecule has 0 spiro atoms. The monoisotopic (exact) mass is 347 g/mol. The third-order valence-corrected chi connectivity index (χ3v) is 5.09. The SMILES string of the molecule is CCc1cnnc(C2CCC(Nc3cnn(C)c(=O)c3Cl)CC2)c1. The van der Waals surface area contributed by atoms with Crippen LogP contribution in [-0.2, 0) is 13.5 Å². The molecule has 0 aliphatic heterocycles. The van der Waals surface area contributed by atoms with Crippen LogP contribution in [0.15, 0.2) is 23.3 Å². The Kier molecular flexibility index (Phi) is 5.14. The molecule has 0 amide bonds. The molecule has 6 nitrogen and oxygen atoms in total. The quantitative estimate of drug-likeness (QED) is 0.920. The maximum atomic E-state index is 11.8. The van der Waals surface area contributed by atoms with Gasteiger partial charge in [-0.25, -0.2) is 4.68 Å². The number of anilines is 1. The van der Waals surface area contributed by atoms with Crippen molar-refractivity contribution in [3.8, 4) is 0 Å². The number of aryl methyl sites for hydroxylation is 2. The fourth-order valence-electron chi connectivity index (χ4n) is 3.18. The molecular weight excluding hydrogens is 326 g/mol. The highest BCUT2D eigenvalue weighted by Gasteiger charge is 2.24. The molecule has 7 heteroatoms. The Hall–Kier alpha value is -1.95. The number of aromatic nitrogens is 4. The van der Waals surface area contributed by atoms with Gasteiger partial charge in [-0.3, -0.25) is 4.79 Å². The van der Waals surface area contributed by atoms with Gasteiger partial charge in [0.05, 0.1) is 23.8 Å². The van der Waals surface area contributed by atoms with E-state index in [1.165, 1.54) is 10.2 Å². The lowest BCUT2D eigenvalue weighted by Crippen LogP contribution is -2.28. The van der Waals surface area contributed by atoms with Gasteiger partial charge in [0.15, 0.2) is 0 Å². The Balaban J connectivity index is 1.63. The second-order valence-electron chi connectivity index (χ2n) is 6.34. The van der Waals surface area contributed by atoms with Crippen LogP contribution in [-0.4, -0.2) is 26.0 Å². The van der Waals surface area contributed by atoms with Gasteiger partial charge in [0.1, 0.15) is 5.02 Å². The van der Waals surface area contributed by atoms with E-state index in [2.05, 4.69) is 33.6 Å². The lowest BCUT2D eigenvalue weighted by atomic mass is 9.83. The zero-order valence-corrected chi connectivity index (χ0v) is 14.8. The van der Waals surface area contributed by atoms with Crippen molar-refractivity contribution in [2.45, 2.75) is 51.0 Å². The number of hydrogen-bond donors (Lipinski definition) is 1. The lowest BCUT2D eigenvalue weighted by molar-refractivity contribution is 0.404. The minimum Gasteiger partial charge on any atom is -0.380 e. The lowest BCUT2D eigenvalue weighted by Gasteiger charge is -2.29. The van der Waals surface area contributed by atoms with Gasteiger partial charge < -0.3 is 5.32 Å². The molecule has 2 heterocycles. The normalized spacial score (nSPS) is 20.8. The zero-order chi connectivity index (χ0) is 17.1. The molecule has 2 aromatic rings. The summed E-state index contributed by atoms with van der Waals surface area (Å²) in [5, 5.41) is 16.0. The number of nitrogens with zero attached hydrogens (tertiary/aromatic N) is 4. The van der Waals surface area contributed by atoms with Crippen molar-refractivity contribution in [2.75, 3.05) is 5.32 Å². The third-order valence-electron chi connectivity index (χ3n) is 4.72. The summed E-state index contributed by atoms with van der Waals surface area (Å²) in [6, 6.07) is 2.47. The first-order chi connectivity index (χ1) is 11.6. The van der Waals surface area contributed by atoms with E-state index in [0.717, 1.165) is 37.8 Å². The summed E-state index contributed by atoms with van der Waals surface area (Å²) in [7, 11) is 1.59. The fourth-order valence-corrected chi connectivity index (χ4v) is 3.41. The molecule has 1 N–H and O–H groups in total. The zero-order valence-electron chi connectivity index (χ0n) is 14.0. The van der Waals surface area contributed by atoms with Gasteiger partial charge >= 0.3 is 0 Å². The second-order valence-corrected chi connectivity index (χ2v) is 6.71. The predicted octanol–water partition coefficient (Wildman–Crippen LogP) is 2.92. The van der Waals surface area contributed by atoms with Crippen molar-refractivity contribution < 1.29 is 0 Å². The summed E-state index contributed by atoms with van der Waals surface area (Å²) in [5.41, 5.74) is 2.68. The molecule has 1 aliphatic carbocycles. The molecule has 0 atom stereocenters. The average molecular weight is 348 g/mol. The molecule has 0 unspecified atom stereocenters. The van der Waals surface area contributed by atoms with E-state index >= 15 is 0 Å². The van der Waals surface area contributed by atoms with Crippen LogP contribution < -0.4 is 10.9 Å². The first-order valence-corrected chi connectivity index (χ1v) is 8.76. The molecule has 2 aromatic heterocycles. The Morgan fingerprint density at radius 1 is 1.29 bits per heavy atom. The van der Waals surface area contributed by atoms with Gasteiger partial charge in [0, 0.05) is 19.0 Å². The minimum atomic E-state index is -0.276. The van der Waals surface area contributed by atoms with Crippen molar-refractivity contribution in [1.29, 1.82) is 0 Å². The number of hydrogen-bond acceptors (Lipinski definition) is 5. The van der Waals surface area contributed by atoms with Crippen molar-refractivity contribution in [1.82, 2.24) is 20.0 Å². The average Bonchev–Trinajstić information content (AvgIpc) is 2.63. The summed E-state index contributed by atoms with van der Waals surface area (Å²) >= 11 is 6.12. The molecule has 24 heavy (non-hydrogen) atoms. The smallest absolute Gasteiger partial charge is 0.287 e. The van der Waals surface area contributed by atoms with Gasteiger partial charge in [-0.05, 0) is 43.7 Å². The number of nitrogens with one attached hydrogen (secondary N) is 1. The summed E-state index contributed by atoms with van der Waals surface area (Å²) in [6.07, 6.45) is 8.55. The van der Waals surface area contributed by atoms with E-state index in [0.29, 0.717) is 17.6 Å².